The van der Waals surface area contributed by atoms with Crippen molar-refractivity contribution in [2.24, 2.45) is 5.73 Å². The Morgan fingerprint density at radius 2 is 2.00 bits per heavy atom. The first-order valence-corrected chi connectivity index (χ1v) is 8.02. The SMILES string of the molecule is NC(CO)C(=O)N1CCCC1C(=O)NCC(=O)NC(CS)C(=O)O. The number of amides is 3. The highest BCUT2D eigenvalue weighted by Gasteiger charge is 2.36. The number of hydrogen-bond acceptors (Lipinski definition) is 7. The van der Waals surface area contributed by atoms with Crippen molar-refractivity contribution in [1.82, 2.24) is 15.5 Å². The van der Waals surface area contributed by atoms with Gasteiger partial charge in [0.05, 0.1) is 13.2 Å². The number of nitrogens with one attached hydrogen (secondary N) is 2. The molecule has 1 rings (SSSR count). The highest BCUT2D eigenvalue weighted by Crippen LogP contribution is 2.18. The van der Waals surface area contributed by atoms with E-state index in [4.69, 9.17) is 15.9 Å². The Bertz CT molecular complexity index is 503. The summed E-state index contributed by atoms with van der Waals surface area (Å²) in [7, 11) is 0. The maximum Gasteiger partial charge on any atom is 0.327 e. The van der Waals surface area contributed by atoms with Gasteiger partial charge in [0.15, 0.2) is 0 Å². The molecule has 3 unspecified atom stereocenters. The number of carbonyl (C=O) groups is 4. The molecule has 1 aliphatic heterocycles. The molecule has 136 valence electrons. The summed E-state index contributed by atoms with van der Waals surface area (Å²) in [6, 6.07) is -3.00. The number of likely N-dealkylation sites (tertiary alicyclic amines) is 1. The van der Waals surface area contributed by atoms with E-state index in [2.05, 4.69) is 23.3 Å². The molecule has 1 heterocycles. The lowest BCUT2D eigenvalue weighted by atomic mass is 10.2. The van der Waals surface area contributed by atoms with E-state index < -0.39 is 55.0 Å². The predicted molar refractivity (Wildman–Crippen MR) is 86.2 cm³/mol. The van der Waals surface area contributed by atoms with Crippen molar-refractivity contribution in [3.8, 4) is 0 Å². The van der Waals surface area contributed by atoms with E-state index in [-0.39, 0.29) is 5.75 Å². The Balaban J connectivity index is 2.53. The van der Waals surface area contributed by atoms with Crippen molar-refractivity contribution in [3.05, 3.63) is 0 Å². The summed E-state index contributed by atoms with van der Waals surface area (Å²) >= 11 is 3.81. The molecule has 0 aromatic rings. The number of rotatable bonds is 8. The van der Waals surface area contributed by atoms with Crippen molar-refractivity contribution < 1.29 is 29.4 Å². The first kappa shape index (κ1) is 20.2. The van der Waals surface area contributed by atoms with Crippen LogP contribution in [0.3, 0.4) is 0 Å². The number of aliphatic hydroxyl groups is 1. The van der Waals surface area contributed by atoms with Gasteiger partial charge in [0.1, 0.15) is 18.1 Å². The third-order valence-corrected chi connectivity index (χ3v) is 3.96. The summed E-state index contributed by atoms with van der Waals surface area (Å²) in [4.78, 5) is 47.9. The van der Waals surface area contributed by atoms with Crippen LogP contribution in [0.15, 0.2) is 0 Å². The molecule has 3 amide bonds. The van der Waals surface area contributed by atoms with Crippen LogP contribution < -0.4 is 16.4 Å². The topological polar surface area (TPSA) is 162 Å². The van der Waals surface area contributed by atoms with Gasteiger partial charge in [-0.25, -0.2) is 4.79 Å². The summed E-state index contributed by atoms with van der Waals surface area (Å²) in [5.41, 5.74) is 5.48. The van der Waals surface area contributed by atoms with Gasteiger partial charge < -0.3 is 31.5 Å². The van der Waals surface area contributed by atoms with Crippen molar-refractivity contribution in [2.75, 3.05) is 25.4 Å². The Hall–Kier alpha value is -1.85. The monoisotopic (exact) mass is 362 g/mol. The van der Waals surface area contributed by atoms with Gasteiger partial charge in [-0.15, -0.1) is 0 Å². The minimum Gasteiger partial charge on any atom is -0.480 e. The summed E-state index contributed by atoms with van der Waals surface area (Å²) in [6.45, 7) is -0.592. The highest BCUT2D eigenvalue weighted by atomic mass is 32.1. The average Bonchev–Trinajstić information content (AvgIpc) is 3.05. The quantitative estimate of drug-likeness (QED) is 0.249. The second kappa shape index (κ2) is 9.45. The molecule has 0 saturated carbocycles. The van der Waals surface area contributed by atoms with Gasteiger partial charge in [0, 0.05) is 12.3 Å². The van der Waals surface area contributed by atoms with E-state index in [0.717, 1.165) is 0 Å². The normalized spacial score (nSPS) is 19.5. The number of nitrogens with two attached hydrogens (primary N) is 1. The van der Waals surface area contributed by atoms with Crippen molar-refractivity contribution in [2.45, 2.75) is 31.0 Å². The van der Waals surface area contributed by atoms with Gasteiger partial charge in [0.2, 0.25) is 17.7 Å². The van der Waals surface area contributed by atoms with E-state index in [1.165, 1.54) is 4.90 Å². The lowest BCUT2D eigenvalue weighted by Gasteiger charge is -2.26. The molecule has 1 fully saturated rings. The molecule has 3 atom stereocenters. The Morgan fingerprint density at radius 1 is 1.33 bits per heavy atom. The molecular weight excluding hydrogens is 340 g/mol. The Kier molecular flexibility index (Phi) is 7.95. The molecule has 0 aromatic carbocycles. The van der Waals surface area contributed by atoms with Gasteiger partial charge >= 0.3 is 5.97 Å². The maximum atomic E-state index is 12.1. The molecule has 0 aliphatic carbocycles. The second-order valence-electron chi connectivity index (χ2n) is 5.34. The van der Waals surface area contributed by atoms with Crippen LogP contribution in [-0.2, 0) is 19.2 Å². The number of aliphatic carboxylic acids is 1. The number of aliphatic hydroxyl groups excluding tert-OH is 1. The molecule has 1 aliphatic rings. The molecule has 11 heteroatoms. The Morgan fingerprint density at radius 3 is 2.54 bits per heavy atom. The number of hydrogen-bond donors (Lipinski definition) is 6. The first-order chi connectivity index (χ1) is 11.3. The fourth-order valence-corrected chi connectivity index (χ4v) is 2.56. The van der Waals surface area contributed by atoms with E-state index in [1.807, 2.05) is 0 Å². The van der Waals surface area contributed by atoms with Crippen LogP contribution in [-0.4, -0.2) is 82.4 Å². The molecular formula is C13H22N4O6S. The summed E-state index contributed by atoms with van der Waals surface area (Å²) in [5, 5.41) is 22.3. The van der Waals surface area contributed by atoms with Crippen LogP contribution in [0.25, 0.3) is 0 Å². The van der Waals surface area contributed by atoms with E-state index in [0.29, 0.717) is 19.4 Å². The Labute approximate surface area is 144 Å². The minimum absolute atomic E-state index is 0.0844. The van der Waals surface area contributed by atoms with Crippen LogP contribution in [0.1, 0.15) is 12.8 Å². The van der Waals surface area contributed by atoms with Gasteiger partial charge in [-0.1, -0.05) is 0 Å². The number of carboxylic acids is 1. The zero-order chi connectivity index (χ0) is 18.3. The maximum absolute atomic E-state index is 12.1. The van der Waals surface area contributed by atoms with Crippen molar-refractivity contribution in [1.29, 1.82) is 0 Å². The van der Waals surface area contributed by atoms with Crippen LogP contribution in [0.2, 0.25) is 0 Å². The van der Waals surface area contributed by atoms with E-state index in [1.54, 1.807) is 0 Å². The van der Waals surface area contributed by atoms with Crippen molar-refractivity contribution in [3.63, 3.8) is 0 Å². The van der Waals surface area contributed by atoms with Crippen molar-refractivity contribution >= 4 is 36.3 Å². The third kappa shape index (κ3) is 5.35. The molecule has 6 N–H and O–H groups in total. The summed E-state index contributed by atoms with van der Waals surface area (Å²) in [6.07, 6.45) is 1.03. The zero-order valence-corrected chi connectivity index (χ0v) is 13.9. The summed E-state index contributed by atoms with van der Waals surface area (Å²) in [5.74, 6) is -3.04. The number of carboxylic acid groups (broad SMARTS) is 1. The molecule has 0 aromatic heterocycles. The molecule has 0 radical (unpaired) electrons. The molecule has 1 saturated heterocycles. The molecule has 10 nitrogen and oxygen atoms in total. The van der Waals surface area contributed by atoms with Crippen LogP contribution in [0, 0.1) is 0 Å². The largest absolute Gasteiger partial charge is 0.480 e. The molecule has 0 bridgehead atoms. The van der Waals surface area contributed by atoms with Gasteiger partial charge in [0.25, 0.3) is 0 Å². The van der Waals surface area contributed by atoms with Gasteiger partial charge in [-0.05, 0) is 12.8 Å². The van der Waals surface area contributed by atoms with Crippen LogP contribution >= 0.6 is 12.6 Å². The fraction of sp³-hybridized carbons (Fsp3) is 0.692. The lowest BCUT2D eigenvalue weighted by Crippen LogP contribution is -2.53. The smallest absolute Gasteiger partial charge is 0.327 e. The van der Waals surface area contributed by atoms with Gasteiger partial charge in [-0.2, -0.15) is 12.6 Å². The number of nitrogens with zero attached hydrogens (tertiary/aromatic N) is 1. The van der Waals surface area contributed by atoms with Crippen LogP contribution in [0.4, 0.5) is 0 Å². The number of thiol groups is 1. The first-order valence-electron chi connectivity index (χ1n) is 7.39. The molecule has 24 heavy (non-hydrogen) atoms. The standard InChI is InChI=1S/C13H22N4O6S/c14-7(5-18)12(21)17-3-1-2-9(17)11(20)15-4-10(19)16-8(6-24)13(22)23/h7-9,18,24H,1-6,14H2,(H,15,20)(H,16,19)(H,22,23). The third-order valence-electron chi connectivity index (χ3n) is 3.59. The van der Waals surface area contributed by atoms with Gasteiger partial charge in [-0.3, -0.25) is 14.4 Å². The lowest BCUT2D eigenvalue weighted by molar-refractivity contribution is -0.141. The fourth-order valence-electron chi connectivity index (χ4n) is 2.31. The predicted octanol–water partition coefficient (Wildman–Crippen LogP) is -3.09. The zero-order valence-electron chi connectivity index (χ0n) is 13.0. The average molecular weight is 362 g/mol. The van der Waals surface area contributed by atoms with Crippen LogP contribution in [0.5, 0.6) is 0 Å². The second-order valence-corrected chi connectivity index (χ2v) is 5.70. The highest BCUT2D eigenvalue weighted by molar-refractivity contribution is 7.80. The summed E-state index contributed by atoms with van der Waals surface area (Å²) < 4.78 is 0. The van der Waals surface area contributed by atoms with E-state index in [9.17, 15) is 19.2 Å². The van der Waals surface area contributed by atoms with E-state index >= 15 is 0 Å². The number of carbonyl (C=O) groups excluding carboxylic acids is 3. The molecule has 0 spiro atoms. The minimum atomic E-state index is -1.23.